The van der Waals surface area contributed by atoms with Gasteiger partial charge in [0, 0.05) is 47.9 Å². The molecule has 4 fully saturated rings. The summed E-state index contributed by atoms with van der Waals surface area (Å²) in [4.78, 5) is 104. The van der Waals surface area contributed by atoms with Crippen LogP contribution in [0.3, 0.4) is 0 Å². The summed E-state index contributed by atoms with van der Waals surface area (Å²) in [6.07, 6.45) is 0.142. The van der Waals surface area contributed by atoms with Gasteiger partial charge in [-0.3, -0.25) is 19.2 Å². The zero-order chi connectivity index (χ0) is 50.3. The van der Waals surface area contributed by atoms with Crippen molar-refractivity contribution in [2.45, 2.75) is 140 Å². The minimum absolute atomic E-state index is 0.0750. The standard InChI is InChI=1S/C52H54N4O14S/c1-29-53-37(28-71-29)42(54-70-50(46(61)68-48(2,3)4)23-34-18-19-35(24-50)64-34)39(57)20-31-27-63-56(43(31)58)51(47(62)69-49(5,6)7)25-38(45(60)67-51)55-26-30-21-40-41(22-36(30)44(55)59)66-52(65-40,32-14-10-8-11-15-32)33-16-12-9-13-17-33/h8-17,21-22,28,31,34-35,38H,18-20,23-27H2,1-7H3/b54-42-/t31-,34?,35?,38-,50?,51?/m0/s1. The molecule has 0 radical (unpaired) electrons. The van der Waals surface area contributed by atoms with Gasteiger partial charge in [0.05, 0.1) is 36.2 Å². The Hall–Kier alpha value is -6.70. The van der Waals surface area contributed by atoms with E-state index in [0.29, 0.717) is 27.1 Å². The Labute approximate surface area is 413 Å². The smallest absolute Gasteiger partial charge is 0.375 e. The number of carbonyl (C=O) groups excluding carboxylic acids is 6. The van der Waals surface area contributed by atoms with E-state index in [4.69, 9.17) is 38.1 Å². The Morgan fingerprint density at radius 3 is 2.01 bits per heavy atom. The molecule has 6 aliphatic rings. The van der Waals surface area contributed by atoms with Gasteiger partial charge < -0.3 is 38.2 Å². The van der Waals surface area contributed by atoms with Crippen molar-refractivity contribution in [2.75, 3.05) is 6.61 Å². The number of amides is 2. The highest BCUT2D eigenvalue weighted by Crippen LogP contribution is 2.51. The van der Waals surface area contributed by atoms with Gasteiger partial charge in [-0.2, -0.15) is 5.06 Å². The average Bonchev–Trinajstić information content (AvgIpc) is 4.19. The number of ether oxygens (including phenoxy) is 6. The van der Waals surface area contributed by atoms with E-state index < -0.39 is 95.2 Å². The second-order valence-corrected chi connectivity index (χ2v) is 21.8. The number of fused-ring (bicyclic) bond motifs is 4. The van der Waals surface area contributed by atoms with Crippen molar-refractivity contribution in [1.29, 1.82) is 0 Å². The number of hydrogen-bond donors (Lipinski definition) is 0. The van der Waals surface area contributed by atoms with Gasteiger partial charge in [0.25, 0.3) is 11.8 Å². The lowest BCUT2D eigenvalue weighted by Gasteiger charge is -2.38. The van der Waals surface area contributed by atoms with Crippen LogP contribution in [0.4, 0.5) is 0 Å². The number of aryl methyl sites for hydroxylation is 1. The van der Waals surface area contributed by atoms with E-state index in [-0.39, 0.29) is 48.6 Å². The SMILES string of the molecule is Cc1nc(/C(=N/OC2(C(=O)OC(C)(C)C)CC3CCC(C2)O3)C(=O)C[C@H]2CON(C3(C(=O)OC(C)(C)C)C[C@H](N4Cc5cc6c(cc5C4=O)OC(c4ccccc4)(c4ccccc4)O6)C(=O)O3)C2=O)cs1. The molecular weight excluding hydrogens is 937 g/mol. The summed E-state index contributed by atoms with van der Waals surface area (Å²) in [5.74, 6) is -6.69. The van der Waals surface area contributed by atoms with Gasteiger partial charge in [-0.1, -0.05) is 65.8 Å². The van der Waals surface area contributed by atoms with Crippen LogP contribution < -0.4 is 9.47 Å². The molecule has 10 rings (SSSR count). The molecule has 0 N–H and O–H groups in total. The predicted octanol–water partition coefficient (Wildman–Crippen LogP) is 6.63. The number of carbonyl (C=O) groups is 6. The number of hydrogen-bond acceptors (Lipinski definition) is 17. The van der Waals surface area contributed by atoms with Crippen LogP contribution in [-0.2, 0) is 64.9 Å². The number of oxime groups is 1. The highest BCUT2D eigenvalue weighted by atomic mass is 32.1. The maximum Gasteiger partial charge on any atom is 0.375 e. The number of nitrogens with zero attached hydrogens (tertiary/aromatic N) is 4. The van der Waals surface area contributed by atoms with Crippen molar-refractivity contribution in [1.82, 2.24) is 14.9 Å². The quantitative estimate of drug-likeness (QED) is 0.0632. The zero-order valence-corrected chi connectivity index (χ0v) is 41.2. The molecule has 0 aliphatic carbocycles. The Morgan fingerprint density at radius 2 is 1.42 bits per heavy atom. The van der Waals surface area contributed by atoms with Crippen molar-refractivity contribution in [2.24, 2.45) is 11.1 Å². The zero-order valence-electron chi connectivity index (χ0n) is 40.4. The Bertz CT molecular complexity index is 2800. The molecule has 372 valence electrons. The van der Waals surface area contributed by atoms with Gasteiger partial charge in [-0.25, -0.2) is 19.4 Å². The molecule has 4 saturated heterocycles. The first kappa shape index (κ1) is 48.0. The molecule has 18 nitrogen and oxygen atoms in total. The summed E-state index contributed by atoms with van der Waals surface area (Å²) in [6.45, 7) is 11.3. The number of aromatic nitrogens is 1. The maximum absolute atomic E-state index is 14.6. The molecule has 1 aromatic heterocycles. The number of esters is 3. The Kier molecular flexibility index (Phi) is 11.9. The predicted molar refractivity (Wildman–Crippen MR) is 250 cm³/mol. The van der Waals surface area contributed by atoms with Crippen LogP contribution in [0.15, 0.2) is 83.3 Å². The second-order valence-electron chi connectivity index (χ2n) is 20.8. The van der Waals surface area contributed by atoms with Crippen molar-refractivity contribution < 1.29 is 66.9 Å². The molecule has 0 saturated carbocycles. The van der Waals surface area contributed by atoms with Gasteiger partial charge in [-0.05, 0) is 79.0 Å². The summed E-state index contributed by atoms with van der Waals surface area (Å²) in [5.41, 5.74) is -3.86. The van der Waals surface area contributed by atoms with Gasteiger partial charge >= 0.3 is 29.4 Å². The fourth-order valence-electron chi connectivity index (χ4n) is 9.96. The third-order valence-corrected chi connectivity index (χ3v) is 13.9. The Morgan fingerprint density at radius 1 is 0.817 bits per heavy atom. The van der Waals surface area contributed by atoms with E-state index in [0.717, 1.165) is 24.0 Å². The van der Waals surface area contributed by atoms with Crippen LogP contribution in [0.2, 0.25) is 0 Å². The molecule has 4 aromatic rings. The lowest BCUT2D eigenvalue weighted by atomic mass is 9.90. The largest absolute Gasteiger partial charge is 0.457 e. The van der Waals surface area contributed by atoms with E-state index in [9.17, 15) is 28.8 Å². The number of cyclic esters (lactones) is 1. The molecule has 2 bridgehead atoms. The summed E-state index contributed by atoms with van der Waals surface area (Å²) in [7, 11) is 0. The van der Waals surface area contributed by atoms with Crippen LogP contribution in [-0.4, -0.2) is 104 Å². The van der Waals surface area contributed by atoms with Gasteiger partial charge in [0.15, 0.2) is 23.0 Å². The lowest BCUT2D eigenvalue weighted by molar-refractivity contribution is -0.263. The van der Waals surface area contributed by atoms with Gasteiger partial charge in [0.2, 0.25) is 5.60 Å². The summed E-state index contributed by atoms with van der Waals surface area (Å²) < 4.78 is 36.7. The summed E-state index contributed by atoms with van der Waals surface area (Å²) >= 11 is 1.26. The molecule has 3 unspecified atom stereocenters. The minimum Gasteiger partial charge on any atom is -0.457 e. The first-order valence-electron chi connectivity index (χ1n) is 23.7. The van der Waals surface area contributed by atoms with Gasteiger partial charge in [0.1, 0.15) is 22.9 Å². The topological polar surface area (TPSA) is 208 Å². The fraction of sp³-hybridized carbons (Fsp3) is 0.462. The summed E-state index contributed by atoms with van der Waals surface area (Å²) in [5, 5.41) is 7.22. The maximum atomic E-state index is 14.6. The van der Waals surface area contributed by atoms with Crippen molar-refractivity contribution in [3.05, 3.63) is 111 Å². The van der Waals surface area contributed by atoms with Crippen molar-refractivity contribution in [3.8, 4) is 11.5 Å². The van der Waals surface area contributed by atoms with Crippen LogP contribution >= 0.6 is 11.3 Å². The van der Waals surface area contributed by atoms with E-state index >= 15 is 0 Å². The van der Waals surface area contributed by atoms with Crippen molar-refractivity contribution >= 4 is 52.6 Å². The van der Waals surface area contributed by atoms with E-state index in [1.54, 1.807) is 66.0 Å². The normalized spacial score (nSPS) is 26.6. The number of benzene rings is 3. The number of rotatable bonds is 12. The molecule has 71 heavy (non-hydrogen) atoms. The number of thiazole rings is 1. The van der Waals surface area contributed by atoms with Crippen LogP contribution in [0, 0.1) is 12.8 Å². The Balaban J connectivity index is 0.896. The van der Waals surface area contributed by atoms with E-state index in [1.165, 1.54) is 16.2 Å². The molecule has 3 aromatic carbocycles. The molecule has 6 aliphatic heterocycles. The second kappa shape index (κ2) is 17.6. The molecule has 0 spiro atoms. The molecule has 7 heterocycles. The molecule has 2 amide bonds. The van der Waals surface area contributed by atoms with Crippen LogP contribution in [0.25, 0.3) is 0 Å². The highest BCUT2D eigenvalue weighted by Gasteiger charge is 2.65. The first-order chi connectivity index (χ1) is 33.7. The van der Waals surface area contributed by atoms with E-state index in [1.807, 2.05) is 60.7 Å². The average molecular weight is 991 g/mol. The lowest BCUT2D eigenvalue weighted by Crippen LogP contribution is -2.57. The van der Waals surface area contributed by atoms with Crippen molar-refractivity contribution in [3.63, 3.8) is 0 Å². The number of Topliss-reactive ketones (excluding diaryl/α,β-unsaturated/α-hetero) is 1. The fourth-order valence-corrected chi connectivity index (χ4v) is 10.6. The first-order valence-corrected chi connectivity index (χ1v) is 24.5. The monoisotopic (exact) mass is 990 g/mol. The molecular formula is C52H54N4O14S. The summed E-state index contributed by atoms with van der Waals surface area (Å²) in [6, 6.07) is 20.8. The minimum atomic E-state index is -2.49. The van der Waals surface area contributed by atoms with Gasteiger partial charge in [-0.15, -0.1) is 11.3 Å². The number of ketones is 1. The molecule has 5 atom stereocenters. The highest BCUT2D eigenvalue weighted by molar-refractivity contribution is 7.09. The third-order valence-electron chi connectivity index (χ3n) is 13.2. The number of hydroxylamine groups is 2. The van der Waals surface area contributed by atoms with E-state index in [2.05, 4.69) is 10.1 Å². The van der Waals surface area contributed by atoms with Crippen LogP contribution in [0.5, 0.6) is 11.5 Å². The third kappa shape index (κ3) is 8.81. The molecule has 19 heteroatoms. The van der Waals surface area contributed by atoms with Crippen LogP contribution in [0.1, 0.15) is 118 Å².